The van der Waals surface area contributed by atoms with Gasteiger partial charge in [0.25, 0.3) is 0 Å². The number of nitrogens with two attached hydrogens (primary N) is 1. The second-order valence-electron chi connectivity index (χ2n) is 4.35. The van der Waals surface area contributed by atoms with Crippen LogP contribution in [0.2, 0.25) is 0 Å². The Balaban J connectivity index is 2.26. The van der Waals surface area contributed by atoms with Gasteiger partial charge in [-0.3, -0.25) is 4.79 Å². The highest BCUT2D eigenvalue weighted by Gasteiger charge is 2.24. The summed E-state index contributed by atoms with van der Waals surface area (Å²) in [7, 11) is 0. The molecule has 2 rings (SSSR count). The minimum Gasteiger partial charge on any atom is -0.385 e. The maximum Gasteiger partial charge on any atom is 0.249 e. The van der Waals surface area contributed by atoms with Crippen LogP contribution in [0.1, 0.15) is 17.2 Å². The van der Waals surface area contributed by atoms with Gasteiger partial charge >= 0.3 is 0 Å². The fourth-order valence-corrected chi connectivity index (χ4v) is 1.74. The Morgan fingerprint density at radius 1 is 1.42 bits per heavy atom. The summed E-state index contributed by atoms with van der Waals surface area (Å²) in [6.45, 7) is 1.96. The summed E-state index contributed by atoms with van der Waals surface area (Å²) in [4.78, 5) is 10.8. The van der Waals surface area contributed by atoms with E-state index in [2.05, 4.69) is 5.10 Å². The van der Waals surface area contributed by atoms with Crippen LogP contribution in [0.25, 0.3) is 5.69 Å². The van der Waals surface area contributed by atoms with E-state index in [1.807, 2.05) is 31.2 Å². The molecule has 100 valence electrons. The molecule has 2 aromatic rings. The van der Waals surface area contributed by atoms with Crippen molar-refractivity contribution < 1.29 is 15.0 Å². The number of aliphatic hydroxyl groups excluding tert-OH is 2. The molecule has 1 aromatic heterocycles. The molecule has 0 aliphatic rings. The molecule has 6 nitrogen and oxygen atoms in total. The van der Waals surface area contributed by atoms with Gasteiger partial charge in [-0.1, -0.05) is 12.1 Å². The topological polar surface area (TPSA) is 101 Å². The zero-order valence-corrected chi connectivity index (χ0v) is 10.4. The first kappa shape index (κ1) is 13.3. The molecular weight excluding hydrogens is 246 g/mol. The van der Waals surface area contributed by atoms with Gasteiger partial charge in [0.15, 0.2) is 6.10 Å². The van der Waals surface area contributed by atoms with Gasteiger partial charge in [-0.05, 0) is 24.6 Å². The van der Waals surface area contributed by atoms with Crippen molar-refractivity contribution in [2.75, 3.05) is 0 Å². The molecule has 0 aliphatic carbocycles. The molecule has 0 radical (unpaired) electrons. The molecule has 0 spiro atoms. The van der Waals surface area contributed by atoms with Crippen molar-refractivity contribution in [3.63, 3.8) is 0 Å². The van der Waals surface area contributed by atoms with E-state index >= 15 is 0 Å². The van der Waals surface area contributed by atoms with Gasteiger partial charge in [0.05, 0.1) is 11.9 Å². The van der Waals surface area contributed by atoms with Gasteiger partial charge in [0.2, 0.25) is 5.91 Å². The molecule has 2 unspecified atom stereocenters. The molecule has 1 amide bonds. The second kappa shape index (κ2) is 5.21. The van der Waals surface area contributed by atoms with Crippen molar-refractivity contribution in [2.45, 2.75) is 19.1 Å². The maximum absolute atomic E-state index is 10.8. The van der Waals surface area contributed by atoms with E-state index in [-0.39, 0.29) is 0 Å². The second-order valence-corrected chi connectivity index (χ2v) is 4.35. The van der Waals surface area contributed by atoms with Crippen molar-refractivity contribution >= 4 is 5.91 Å². The van der Waals surface area contributed by atoms with Gasteiger partial charge in [-0.25, -0.2) is 4.68 Å². The molecule has 1 heterocycles. The van der Waals surface area contributed by atoms with Crippen LogP contribution >= 0.6 is 0 Å². The van der Waals surface area contributed by atoms with Crippen molar-refractivity contribution in [2.24, 2.45) is 5.73 Å². The fourth-order valence-electron chi connectivity index (χ4n) is 1.74. The van der Waals surface area contributed by atoms with Gasteiger partial charge < -0.3 is 15.9 Å². The highest BCUT2D eigenvalue weighted by Crippen LogP contribution is 2.18. The summed E-state index contributed by atoms with van der Waals surface area (Å²) in [5.74, 6) is -0.976. The lowest BCUT2D eigenvalue weighted by Crippen LogP contribution is -2.33. The first-order valence-corrected chi connectivity index (χ1v) is 5.76. The quantitative estimate of drug-likeness (QED) is 0.724. The van der Waals surface area contributed by atoms with Gasteiger partial charge in [0, 0.05) is 11.8 Å². The first-order chi connectivity index (χ1) is 8.99. The number of carbonyl (C=O) groups excluding carboxylic acids is 1. The predicted octanol–water partition coefficient (Wildman–Crippen LogP) is 0.0603. The lowest BCUT2D eigenvalue weighted by molar-refractivity contribution is -0.131. The number of aliphatic hydroxyl groups is 2. The SMILES string of the molecule is Cc1cccc(-n2cc(C(O)C(O)C(N)=O)cn2)c1. The van der Waals surface area contributed by atoms with Crippen molar-refractivity contribution in [3.05, 3.63) is 47.8 Å². The number of primary amides is 1. The van der Waals surface area contributed by atoms with Crippen LogP contribution < -0.4 is 5.73 Å². The third-order valence-electron chi connectivity index (χ3n) is 2.80. The molecule has 1 aromatic carbocycles. The predicted molar refractivity (Wildman–Crippen MR) is 68.5 cm³/mol. The lowest BCUT2D eigenvalue weighted by atomic mass is 10.1. The van der Waals surface area contributed by atoms with Crippen LogP contribution in [0.3, 0.4) is 0 Å². The Morgan fingerprint density at radius 2 is 2.16 bits per heavy atom. The van der Waals surface area contributed by atoms with Crippen LogP contribution in [0.5, 0.6) is 0 Å². The average molecular weight is 261 g/mol. The van der Waals surface area contributed by atoms with Crippen molar-refractivity contribution in [1.82, 2.24) is 9.78 Å². The van der Waals surface area contributed by atoms with E-state index in [0.717, 1.165) is 11.3 Å². The molecule has 0 saturated carbocycles. The normalized spacial score (nSPS) is 14.1. The number of carbonyl (C=O) groups is 1. The smallest absolute Gasteiger partial charge is 0.249 e. The maximum atomic E-state index is 10.8. The van der Waals surface area contributed by atoms with E-state index in [4.69, 9.17) is 5.73 Å². The summed E-state index contributed by atoms with van der Waals surface area (Å²) < 4.78 is 1.55. The molecule has 6 heteroatoms. The number of benzene rings is 1. The van der Waals surface area contributed by atoms with Crippen LogP contribution in [0, 0.1) is 6.92 Å². The summed E-state index contributed by atoms with van der Waals surface area (Å²) >= 11 is 0. The molecule has 0 fully saturated rings. The number of rotatable bonds is 4. The van der Waals surface area contributed by atoms with E-state index in [1.165, 1.54) is 6.20 Å². The number of aryl methyl sites for hydroxylation is 1. The standard InChI is InChI=1S/C13H15N3O3/c1-8-3-2-4-10(5-8)16-7-9(6-15-16)11(17)12(18)13(14)19/h2-7,11-12,17-18H,1H3,(H2,14,19). The zero-order valence-electron chi connectivity index (χ0n) is 10.4. The van der Waals surface area contributed by atoms with Gasteiger partial charge in [-0.15, -0.1) is 0 Å². The highest BCUT2D eigenvalue weighted by atomic mass is 16.3. The number of hydrogen-bond donors (Lipinski definition) is 3. The Hall–Kier alpha value is -2.18. The summed E-state index contributed by atoms with van der Waals surface area (Å²) in [6, 6.07) is 7.63. The molecule has 0 saturated heterocycles. The molecule has 19 heavy (non-hydrogen) atoms. The first-order valence-electron chi connectivity index (χ1n) is 5.76. The summed E-state index contributed by atoms with van der Waals surface area (Å²) in [5.41, 5.74) is 7.16. The van der Waals surface area contributed by atoms with Crippen LogP contribution in [-0.2, 0) is 4.79 Å². The number of hydrogen-bond acceptors (Lipinski definition) is 4. The number of amides is 1. The van der Waals surface area contributed by atoms with Crippen LogP contribution in [0.4, 0.5) is 0 Å². The summed E-state index contributed by atoms with van der Waals surface area (Å²) in [6.07, 6.45) is -0.0867. The Labute approximate surface area is 110 Å². The largest absolute Gasteiger partial charge is 0.385 e. The minimum absolute atomic E-state index is 0.327. The molecule has 4 N–H and O–H groups in total. The molecule has 0 bridgehead atoms. The molecule has 2 atom stereocenters. The number of aromatic nitrogens is 2. The Bertz CT molecular complexity index is 594. The van der Waals surface area contributed by atoms with Gasteiger partial charge in [0.1, 0.15) is 6.10 Å². The van der Waals surface area contributed by atoms with Crippen LogP contribution in [0.15, 0.2) is 36.7 Å². The van der Waals surface area contributed by atoms with Crippen molar-refractivity contribution in [1.29, 1.82) is 0 Å². The Morgan fingerprint density at radius 3 is 2.79 bits per heavy atom. The van der Waals surface area contributed by atoms with E-state index in [1.54, 1.807) is 10.9 Å². The van der Waals surface area contributed by atoms with Crippen LogP contribution in [-0.4, -0.2) is 32.0 Å². The Kier molecular flexibility index (Phi) is 3.64. The van der Waals surface area contributed by atoms with Crippen molar-refractivity contribution in [3.8, 4) is 5.69 Å². The lowest BCUT2D eigenvalue weighted by Gasteiger charge is -2.12. The minimum atomic E-state index is -1.64. The third kappa shape index (κ3) is 2.81. The van der Waals surface area contributed by atoms with E-state index in [9.17, 15) is 15.0 Å². The third-order valence-corrected chi connectivity index (χ3v) is 2.80. The summed E-state index contributed by atoms with van der Waals surface area (Å²) in [5, 5.41) is 23.3. The number of nitrogens with zero attached hydrogens (tertiary/aromatic N) is 2. The van der Waals surface area contributed by atoms with E-state index in [0.29, 0.717) is 5.56 Å². The average Bonchev–Trinajstić information content (AvgIpc) is 2.86. The molecular formula is C13H15N3O3. The van der Waals surface area contributed by atoms with Gasteiger partial charge in [-0.2, -0.15) is 5.10 Å². The molecule has 0 aliphatic heterocycles. The highest BCUT2D eigenvalue weighted by molar-refractivity contribution is 5.79. The van der Waals surface area contributed by atoms with E-state index < -0.39 is 18.1 Å². The zero-order chi connectivity index (χ0) is 14.0. The monoisotopic (exact) mass is 261 g/mol. The fraction of sp³-hybridized carbons (Fsp3) is 0.231.